The molecule has 3 unspecified atom stereocenters. The molecule has 1 N–H and O–H groups in total. The first kappa shape index (κ1) is 21.4. The molecular weight excluding hydrogens is 372 g/mol. The zero-order valence-electron chi connectivity index (χ0n) is 17.5. The van der Waals surface area contributed by atoms with E-state index in [1.807, 2.05) is 12.1 Å². The largest absolute Gasteiger partial charge is 1.00 e. The Morgan fingerprint density at radius 2 is 1.86 bits per heavy atom. The third-order valence-corrected chi connectivity index (χ3v) is 7.94. The van der Waals surface area contributed by atoms with Gasteiger partial charge in [0.1, 0.15) is 11.4 Å². The molecule has 1 saturated heterocycles. The van der Waals surface area contributed by atoms with E-state index in [0.29, 0.717) is 11.3 Å². The van der Waals surface area contributed by atoms with Gasteiger partial charge in [-0.1, -0.05) is 13.8 Å². The Kier molecular flexibility index (Phi) is 6.61. The van der Waals surface area contributed by atoms with E-state index in [2.05, 4.69) is 30.9 Å². The summed E-state index contributed by atoms with van der Waals surface area (Å²) in [4.78, 5) is 16.4. The number of carbonyl (C=O) groups is 1. The van der Waals surface area contributed by atoms with Gasteiger partial charge in [-0.05, 0) is 61.0 Å². The first-order valence-corrected chi connectivity index (χ1v) is 10.8. The second-order valence-corrected chi connectivity index (χ2v) is 9.45. The lowest BCUT2D eigenvalue weighted by atomic mass is 9.67. The van der Waals surface area contributed by atoms with E-state index in [4.69, 9.17) is 4.74 Å². The van der Waals surface area contributed by atoms with E-state index in [0.717, 1.165) is 62.5 Å². The highest BCUT2D eigenvalue weighted by molar-refractivity contribution is 5.76. The highest BCUT2D eigenvalue weighted by Crippen LogP contribution is 2.60. The number of hydrogen-bond donors (Lipinski definition) is 1. The van der Waals surface area contributed by atoms with Crippen LogP contribution in [0.2, 0.25) is 0 Å². The number of carbonyl (C=O) groups excluding carboxylic acids is 1. The van der Waals surface area contributed by atoms with Crippen LogP contribution in [0.25, 0.3) is 0 Å². The molecule has 0 aromatic heterocycles. The lowest BCUT2D eigenvalue weighted by Gasteiger charge is -2.39. The van der Waals surface area contributed by atoms with Crippen molar-refractivity contribution in [3.63, 3.8) is 0 Å². The van der Waals surface area contributed by atoms with E-state index in [1.165, 1.54) is 29.8 Å². The van der Waals surface area contributed by atoms with Crippen molar-refractivity contribution in [3.8, 4) is 5.75 Å². The minimum atomic E-state index is 0. The zero-order valence-corrected chi connectivity index (χ0v) is 18.3. The minimum absolute atomic E-state index is 0. The van der Waals surface area contributed by atoms with Crippen molar-refractivity contribution >= 4 is 11.6 Å². The standard InChI is InChI=1S/C23H34N2O2.ClH/c1-23(2)18-5-4-17(16-18)21(23)10-11-22(26)25-14-12-24(13-15-25)19-6-8-20(27-3)9-7-19;/h6-9,17-18,21H,4-5,10-16H2,1-3H3;1H. The van der Waals surface area contributed by atoms with E-state index >= 15 is 0 Å². The van der Waals surface area contributed by atoms with Gasteiger partial charge >= 0.3 is 0 Å². The van der Waals surface area contributed by atoms with Crippen LogP contribution in [-0.4, -0.2) is 44.1 Å². The highest BCUT2D eigenvalue weighted by atomic mass is 35.5. The van der Waals surface area contributed by atoms with E-state index in [1.54, 1.807) is 7.11 Å². The quantitative estimate of drug-likeness (QED) is 0.741. The van der Waals surface area contributed by atoms with Gasteiger partial charge in [-0.25, -0.2) is 0 Å². The summed E-state index contributed by atoms with van der Waals surface area (Å²) < 4.78 is 5.24. The Bertz CT molecular complexity index is 668. The van der Waals surface area contributed by atoms with Gasteiger partial charge in [0.05, 0.1) is 33.3 Å². The first-order valence-electron chi connectivity index (χ1n) is 10.8. The fourth-order valence-corrected chi connectivity index (χ4v) is 6.15. The Morgan fingerprint density at radius 3 is 2.43 bits per heavy atom. The molecule has 2 aliphatic carbocycles. The molecule has 1 aromatic rings. The van der Waals surface area contributed by atoms with Crippen LogP contribution in [0, 0.1) is 23.2 Å². The molecule has 1 heterocycles. The number of hydrogen-bond acceptors (Lipinski definition) is 2. The number of rotatable bonds is 5. The molecule has 1 aliphatic heterocycles. The van der Waals surface area contributed by atoms with Gasteiger partial charge in [-0.2, -0.15) is 0 Å². The number of halogens is 1. The topological polar surface area (TPSA) is 34.0 Å². The van der Waals surface area contributed by atoms with Crippen molar-refractivity contribution in [2.75, 3.05) is 33.3 Å². The van der Waals surface area contributed by atoms with Gasteiger partial charge in [-0.3, -0.25) is 9.69 Å². The Morgan fingerprint density at radius 1 is 1.18 bits per heavy atom. The summed E-state index contributed by atoms with van der Waals surface area (Å²) >= 11 is 0. The monoisotopic (exact) mass is 406 g/mol. The minimum Gasteiger partial charge on any atom is -1.00 e. The Balaban J connectivity index is 0.00000225. The average molecular weight is 407 g/mol. The SMILES string of the molecule is COc1ccc([NH+]2CCN(C(=O)CCC3C4CCC(C4)C3(C)C)CC2)cc1.[Cl-]. The molecule has 3 atom stereocenters. The summed E-state index contributed by atoms with van der Waals surface area (Å²) in [6.07, 6.45) is 6.07. The maximum Gasteiger partial charge on any atom is 0.222 e. The Hall–Kier alpha value is -1.26. The van der Waals surface area contributed by atoms with Gasteiger partial charge in [0, 0.05) is 18.6 Å². The normalized spacial score (nSPS) is 28.8. The van der Waals surface area contributed by atoms with Crippen molar-refractivity contribution in [1.82, 2.24) is 4.90 Å². The van der Waals surface area contributed by atoms with Crippen LogP contribution in [0.3, 0.4) is 0 Å². The summed E-state index contributed by atoms with van der Waals surface area (Å²) in [6.45, 7) is 8.64. The van der Waals surface area contributed by atoms with Crippen LogP contribution in [0.4, 0.5) is 5.69 Å². The molecule has 3 fully saturated rings. The van der Waals surface area contributed by atoms with Crippen LogP contribution in [-0.2, 0) is 4.79 Å². The number of nitrogens with one attached hydrogen (secondary N) is 1. The predicted molar refractivity (Wildman–Crippen MR) is 107 cm³/mol. The molecule has 3 aliphatic rings. The van der Waals surface area contributed by atoms with Crippen LogP contribution >= 0.6 is 0 Å². The van der Waals surface area contributed by atoms with Crippen molar-refractivity contribution in [2.24, 2.45) is 23.2 Å². The molecule has 1 amide bonds. The van der Waals surface area contributed by atoms with Crippen LogP contribution in [0.1, 0.15) is 46.0 Å². The van der Waals surface area contributed by atoms with Crippen molar-refractivity contribution in [1.29, 1.82) is 0 Å². The predicted octanol–water partition coefficient (Wildman–Crippen LogP) is -0.0897. The summed E-state index contributed by atoms with van der Waals surface area (Å²) in [5.41, 5.74) is 1.74. The fraction of sp³-hybridized carbons (Fsp3) is 0.696. The molecule has 1 aromatic carbocycles. The lowest BCUT2D eigenvalue weighted by molar-refractivity contribution is -0.837. The number of ether oxygens (including phenoxy) is 1. The molecule has 5 heteroatoms. The molecule has 28 heavy (non-hydrogen) atoms. The molecule has 156 valence electrons. The molecule has 4 rings (SSSR count). The first-order chi connectivity index (χ1) is 13.0. The molecule has 4 nitrogen and oxygen atoms in total. The summed E-state index contributed by atoms with van der Waals surface area (Å²) in [5, 5.41) is 0. The molecule has 0 radical (unpaired) electrons. The average Bonchev–Trinajstić information content (AvgIpc) is 3.26. The van der Waals surface area contributed by atoms with Crippen molar-refractivity contribution in [2.45, 2.75) is 46.0 Å². The molecule has 2 bridgehead atoms. The van der Waals surface area contributed by atoms with Gasteiger partial charge < -0.3 is 22.0 Å². The fourth-order valence-electron chi connectivity index (χ4n) is 6.15. The van der Waals surface area contributed by atoms with E-state index < -0.39 is 0 Å². The number of methoxy groups -OCH3 is 1. The van der Waals surface area contributed by atoms with Crippen molar-refractivity contribution in [3.05, 3.63) is 24.3 Å². The number of fused-ring (bicyclic) bond motifs is 2. The van der Waals surface area contributed by atoms with Crippen LogP contribution < -0.4 is 22.0 Å². The maximum absolute atomic E-state index is 12.8. The molecule has 2 saturated carbocycles. The van der Waals surface area contributed by atoms with Crippen molar-refractivity contribution < 1.29 is 26.8 Å². The van der Waals surface area contributed by atoms with Crippen LogP contribution in [0.15, 0.2) is 24.3 Å². The van der Waals surface area contributed by atoms with Gasteiger partial charge in [-0.15, -0.1) is 0 Å². The molecule has 0 spiro atoms. The number of quaternary nitrogens is 1. The molecular formula is C23H35ClN2O2. The second kappa shape index (κ2) is 8.62. The third kappa shape index (κ3) is 4.04. The zero-order chi connectivity index (χ0) is 19.0. The maximum atomic E-state index is 12.8. The van der Waals surface area contributed by atoms with Gasteiger partial charge in [0.15, 0.2) is 0 Å². The van der Waals surface area contributed by atoms with E-state index in [9.17, 15) is 4.79 Å². The third-order valence-electron chi connectivity index (χ3n) is 7.94. The summed E-state index contributed by atoms with van der Waals surface area (Å²) in [5.74, 6) is 3.82. The van der Waals surface area contributed by atoms with Gasteiger partial charge in [0.2, 0.25) is 5.91 Å². The number of piperazine rings is 1. The number of amides is 1. The van der Waals surface area contributed by atoms with Crippen LogP contribution in [0.5, 0.6) is 5.75 Å². The summed E-state index contributed by atoms with van der Waals surface area (Å²) in [6, 6.07) is 8.33. The Labute approximate surface area is 176 Å². The summed E-state index contributed by atoms with van der Waals surface area (Å²) in [7, 11) is 1.70. The number of benzene rings is 1. The smallest absolute Gasteiger partial charge is 0.222 e. The van der Waals surface area contributed by atoms with Gasteiger partial charge in [0.25, 0.3) is 0 Å². The number of nitrogens with zero attached hydrogens (tertiary/aromatic N) is 1. The van der Waals surface area contributed by atoms with E-state index in [-0.39, 0.29) is 12.4 Å². The highest BCUT2D eigenvalue weighted by Gasteiger charge is 2.52. The lowest BCUT2D eigenvalue weighted by Crippen LogP contribution is -3.10. The second-order valence-electron chi connectivity index (χ2n) is 9.45.